The number of nitrogens with one attached hydrogen (secondary N) is 1. The molecule has 0 radical (unpaired) electrons. The first kappa shape index (κ1) is 12.9. The van der Waals surface area contributed by atoms with Gasteiger partial charge in [0.15, 0.2) is 11.6 Å². The summed E-state index contributed by atoms with van der Waals surface area (Å²) >= 11 is 0. The van der Waals surface area contributed by atoms with Crippen LogP contribution in [0.1, 0.15) is 12.5 Å². The zero-order valence-electron chi connectivity index (χ0n) is 9.84. The first-order valence-electron chi connectivity index (χ1n) is 5.64. The van der Waals surface area contributed by atoms with Crippen LogP contribution in [0, 0.1) is 17.5 Å². The second-order valence-electron chi connectivity index (χ2n) is 4.30. The number of carbonyl (C=O) groups excluding carboxylic acids is 1. The van der Waals surface area contributed by atoms with Crippen molar-refractivity contribution in [2.45, 2.75) is 19.5 Å². The highest BCUT2D eigenvalue weighted by Crippen LogP contribution is 2.17. The number of halogens is 3. The minimum atomic E-state index is -1.24. The molecule has 0 spiro atoms. The quantitative estimate of drug-likeness (QED) is 0.814. The summed E-state index contributed by atoms with van der Waals surface area (Å²) in [4.78, 5) is 13.2. The zero-order valence-corrected chi connectivity index (χ0v) is 9.84. The van der Waals surface area contributed by atoms with Crippen LogP contribution < -0.4 is 5.32 Å². The fraction of sp³-hybridized carbons (Fsp3) is 0.417. The Morgan fingerprint density at radius 1 is 1.39 bits per heavy atom. The van der Waals surface area contributed by atoms with Gasteiger partial charge >= 0.3 is 0 Å². The molecule has 0 bridgehead atoms. The van der Waals surface area contributed by atoms with Gasteiger partial charge in [0, 0.05) is 31.3 Å². The molecule has 0 unspecified atom stereocenters. The van der Waals surface area contributed by atoms with Crippen molar-refractivity contribution in [3.05, 3.63) is 35.1 Å². The Morgan fingerprint density at radius 2 is 2.11 bits per heavy atom. The largest absolute Gasteiger partial charge is 0.336 e. The average molecular weight is 258 g/mol. The van der Waals surface area contributed by atoms with Crippen LogP contribution in [0.2, 0.25) is 0 Å². The van der Waals surface area contributed by atoms with Gasteiger partial charge in [-0.15, -0.1) is 0 Å². The fourth-order valence-electron chi connectivity index (χ4n) is 1.97. The second-order valence-corrected chi connectivity index (χ2v) is 4.30. The van der Waals surface area contributed by atoms with Gasteiger partial charge in [0.25, 0.3) is 0 Å². The minimum absolute atomic E-state index is 0.120. The van der Waals surface area contributed by atoms with E-state index >= 15 is 0 Å². The molecule has 1 aliphatic rings. The van der Waals surface area contributed by atoms with E-state index in [1.54, 1.807) is 6.92 Å². The molecular weight excluding hydrogens is 245 g/mol. The van der Waals surface area contributed by atoms with Crippen LogP contribution in [0.15, 0.2) is 12.1 Å². The van der Waals surface area contributed by atoms with Gasteiger partial charge < -0.3 is 10.2 Å². The van der Waals surface area contributed by atoms with Crippen molar-refractivity contribution in [1.29, 1.82) is 0 Å². The van der Waals surface area contributed by atoms with E-state index in [4.69, 9.17) is 0 Å². The summed E-state index contributed by atoms with van der Waals surface area (Å²) in [5, 5.41) is 2.95. The smallest absolute Gasteiger partial charge is 0.239 e. The average Bonchev–Trinajstić information content (AvgIpc) is 2.31. The fourth-order valence-corrected chi connectivity index (χ4v) is 1.97. The number of rotatable bonds is 2. The Labute approximate surface area is 103 Å². The summed E-state index contributed by atoms with van der Waals surface area (Å²) in [5.41, 5.74) is -0.144. The number of carbonyl (C=O) groups is 1. The summed E-state index contributed by atoms with van der Waals surface area (Å²) in [6.45, 7) is 2.54. The molecule has 0 saturated carbocycles. The highest BCUT2D eigenvalue weighted by molar-refractivity contribution is 5.82. The van der Waals surface area contributed by atoms with E-state index in [0.29, 0.717) is 19.2 Å². The van der Waals surface area contributed by atoms with Crippen LogP contribution in [-0.4, -0.2) is 29.9 Å². The predicted molar refractivity (Wildman–Crippen MR) is 59.2 cm³/mol. The van der Waals surface area contributed by atoms with Gasteiger partial charge in [-0.2, -0.15) is 0 Å². The molecule has 1 amide bonds. The van der Waals surface area contributed by atoms with Gasteiger partial charge in [-0.1, -0.05) is 0 Å². The summed E-state index contributed by atoms with van der Waals surface area (Å²) in [5.74, 6) is -3.39. The lowest BCUT2D eigenvalue weighted by atomic mass is 10.1. The van der Waals surface area contributed by atoms with E-state index in [1.165, 1.54) is 4.90 Å². The highest BCUT2D eigenvalue weighted by atomic mass is 19.2. The Morgan fingerprint density at radius 3 is 2.83 bits per heavy atom. The molecule has 3 nitrogen and oxygen atoms in total. The van der Waals surface area contributed by atoms with Crippen molar-refractivity contribution in [2.75, 3.05) is 13.1 Å². The lowest BCUT2D eigenvalue weighted by molar-refractivity contribution is -0.135. The summed E-state index contributed by atoms with van der Waals surface area (Å²) in [6.07, 6.45) is 0. The van der Waals surface area contributed by atoms with Crippen molar-refractivity contribution in [2.24, 2.45) is 0 Å². The Balaban J connectivity index is 2.21. The van der Waals surface area contributed by atoms with Crippen molar-refractivity contribution in [3.8, 4) is 0 Å². The maximum atomic E-state index is 13.5. The Hall–Kier alpha value is -1.56. The second kappa shape index (κ2) is 4.97. The maximum Gasteiger partial charge on any atom is 0.239 e. The van der Waals surface area contributed by atoms with Crippen LogP contribution in [-0.2, 0) is 11.3 Å². The van der Waals surface area contributed by atoms with Crippen LogP contribution in [0.25, 0.3) is 0 Å². The number of benzene rings is 1. The predicted octanol–water partition coefficient (Wildman–Crippen LogP) is 1.42. The van der Waals surface area contributed by atoms with Crippen LogP contribution >= 0.6 is 0 Å². The normalized spacial score (nSPS) is 20.3. The van der Waals surface area contributed by atoms with E-state index in [2.05, 4.69) is 5.32 Å². The Kier molecular flexibility index (Phi) is 3.56. The molecule has 2 rings (SSSR count). The van der Waals surface area contributed by atoms with E-state index in [9.17, 15) is 18.0 Å². The number of nitrogens with zero attached hydrogens (tertiary/aromatic N) is 1. The minimum Gasteiger partial charge on any atom is -0.336 e. The number of piperazine rings is 1. The van der Waals surface area contributed by atoms with Gasteiger partial charge in [0.05, 0.1) is 6.04 Å². The Bertz CT molecular complexity index is 479. The van der Waals surface area contributed by atoms with Crippen molar-refractivity contribution in [3.63, 3.8) is 0 Å². The van der Waals surface area contributed by atoms with Gasteiger partial charge in [0.2, 0.25) is 5.91 Å². The summed E-state index contributed by atoms with van der Waals surface area (Å²) in [6, 6.07) is 1.04. The van der Waals surface area contributed by atoms with Crippen molar-refractivity contribution in [1.82, 2.24) is 10.2 Å². The van der Waals surface area contributed by atoms with E-state index < -0.39 is 17.5 Å². The van der Waals surface area contributed by atoms with E-state index in [1.807, 2.05) is 0 Å². The van der Waals surface area contributed by atoms with Crippen LogP contribution in [0.3, 0.4) is 0 Å². The van der Waals surface area contributed by atoms with Gasteiger partial charge in [-0.05, 0) is 13.0 Å². The molecule has 1 aromatic rings. The summed E-state index contributed by atoms with van der Waals surface area (Å²) < 4.78 is 39.5. The lowest BCUT2D eigenvalue weighted by Crippen LogP contribution is -2.53. The zero-order chi connectivity index (χ0) is 13.3. The van der Waals surface area contributed by atoms with E-state index in [-0.39, 0.29) is 24.1 Å². The highest BCUT2D eigenvalue weighted by Gasteiger charge is 2.25. The van der Waals surface area contributed by atoms with Crippen LogP contribution in [0.5, 0.6) is 0 Å². The number of hydrogen-bond donors (Lipinski definition) is 1. The van der Waals surface area contributed by atoms with Crippen molar-refractivity contribution >= 4 is 5.91 Å². The molecule has 1 heterocycles. The molecule has 1 atom stereocenters. The molecular formula is C12H13F3N2O. The third kappa shape index (κ3) is 2.48. The summed E-state index contributed by atoms with van der Waals surface area (Å²) in [7, 11) is 0. The molecule has 6 heteroatoms. The first-order chi connectivity index (χ1) is 8.49. The van der Waals surface area contributed by atoms with Crippen LogP contribution in [0.4, 0.5) is 13.2 Å². The van der Waals surface area contributed by atoms with Gasteiger partial charge in [-0.3, -0.25) is 4.79 Å². The number of amides is 1. The molecule has 0 aromatic heterocycles. The molecule has 18 heavy (non-hydrogen) atoms. The molecule has 1 N–H and O–H groups in total. The molecule has 98 valence electrons. The molecule has 0 aliphatic carbocycles. The number of hydrogen-bond acceptors (Lipinski definition) is 2. The lowest BCUT2D eigenvalue weighted by Gasteiger charge is -2.31. The van der Waals surface area contributed by atoms with Gasteiger partial charge in [0.1, 0.15) is 5.82 Å². The standard InChI is InChI=1S/C12H13F3N2O/c1-7-12(18)17(3-2-16-7)6-8-4-9(13)5-10(14)11(8)15/h4-5,7,16H,2-3,6H2,1H3/t7-/m1/s1. The third-order valence-electron chi connectivity index (χ3n) is 2.94. The first-order valence-corrected chi connectivity index (χ1v) is 5.64. The molecule has 1 aromatic carbocycles. The van der Waals surface area contributed by atoms with E-state index in [0.717, 1.165) is 6.07 Å². The maximum absolute atomic E-state index is 13.5. The topological polar surface area (TPSA) is 32.3 Å². The monoisotopic (exact) mass is 258 g/mol. The van der Waals surface area contributed by atoms with Gasteiger partial charge in [-0.25, -0.2) is 13.2 Å². The molecule has 1 aliphatic heterocycles. The van der Waals surface area contributed by atoms with Crippen molar-refractivity contribution < 1.29 is 18.0 Å². The SMILES string of the molecule is C[C@H]1NCCN(Cc2cc(F)cc(F)c2F)C1=O. The molecule has 1 fully saturated rings. The third-order valence-corrected chi connectivity index (χ3v) is 2.94. The molecule has 1 saturated heterocycles.